The maximum Gasteiger partial charge on any atom is 0.337 e. The molecule has 0 aliphatic carbocycles. The molecule has 7 heteroatoms. The smallest absolute Gasteiger partial charge is 0.337 e. The van der Waals surface area contributed by atoms with Crippen LogP contribution in [-0.4, -0.2) is 47.4 Å². The number of nitrogens with one attached hydrogen (secondary N) is 1. The SMILES string of the molecule is COC(=O)c1ccc(Nc2cc(C(=O)N(C)CCc3ccncc3)ccn2)cc1. The average Bonchev–Trinajstić information content (AvgIpc) is 2.77. The monoisotopic (exact) mass is 390 g/mol. The fourth-order valence-corrected chi connectivity index (χ4v) is 2.76. The Kier molecular flexibility index (Phi) is 6.52. The van der Waals surface area contributed by atoms with Crippen molar-refractivity contribution in [2.24, 2.45) is 0 Å². The minimum Gasteiger partial charge on any atom is -0.465 e. The zero-order valence-electron chi connectivity index (χ0n) is 16.3. The number of rotatable bonds is 7. The van der Waals surface area contributed by atoms with Crippen LogP contribution in [0.4, 0.5) is 11.5 Å². The van der Waals surface area contributed by atoms with Gasteiger partial charge in [-0.3, -0.25) is 9.78 Å². The first-order chi connectivity index (χ1) is 14.1. The number of hydrogen-bond acceptors (Lipinski definition) is 6. The van der Waals surface area contributed by atoms with Gasteiger partial charge < -0.3 is 15.0 Å². The number of likely N-dealkylation sites (N-methyl/N-ethyl adjacent to an activating group) is 1. The van der Waals surface area contributed by atoms with Crippen molar-refractivity contribution in [2.45, 2.75) is 6.42 Å². The maximum atomic E-state index is 12.7. The second kappa shape index (κ2) is 9.45. The second-order valence-electron chi connectivity index (χ2n) is 6.46. The van der Waals surface area contributed by atoms with E-state index in [2.05, 4.69) is 15.3 Å². The molecular formula is C22H22N4O3. The highest BCUT2D eigenvalue weighted by Crippen LogP contribution is 2.17. The van der Waals surface area contributed by atoms with E-state index in [0.29, 0.717) is 23.5 Å². The van der Waals surface area contributed by atoms with Crippen LogP contribution in [0.1, 0.15) is 26.3 Å². The van der Waals surface area contributed by atoms with E-state index in [1.807, 2.05) is 12.1 Å². The fourth-order valence-electron chi connectivity index (χ4n) is 2.76. The lowest BCUT2D eigenvalue weighted by molar-refractivity contribution is 0.0600. The molecule has 0 spiro atoms. The van der Waals surface area contributed by atoms with E-state index in [4.69, 9.17) is 4.74 Å². The Bertz CT molecular complexity index is 975. The quantitative estimate of drug-likeness (QED) is 0.623. The molecule has 3 aromatic rings. The first-order valence-electron chi connectivity index (χ1n) is 9.12. The molecule has 3 rings (SSSR count). The van der Waals surface area contributed by atoms with Crippen molar-refractivity contribution >= 4 is 23.4 Å². The van der Waals surface area contributed by atoms with E-state index in [9.17, 15) is 9.59 Å². The first kappa shape index (κ1) is 20.0. The summed E-state index contributed by atoms with van der Waals surface area (Å²) in [7, 11) is 3.12. The van der Waals surface area contributed by atoms with Crippen LogP contribution in [0.5, 0.6) is 0 Å². The summed E-state index contributed by atoms with van der Waals surface area (Å²) >= 11 is 0. The van der Waals surface area contributed by atoms with Crippen LogP contribution < -0.4 is 5.32 Å². The van der Waals surface area contributed by atoms with Crippen LogP contribution in [0.15, 0.2) is 67.1 Å². The third kappa shape index (κ3) is 5.38. The van der Waals surface area contributed by atoms with Gasteiger partial charge in [-0.25, -0.2) is 9.78 Å². The number of benzene rings is 1. The van der Waals surface area contributed by atoms with Gasteiger partial charge in [-0.2, -0.15) is 0 Å². The van der Waals surface area contributed by atoms with Crippen LogP contribution >= 0.6 is 0 Å². The molecule has 148 valence electrons. The Morgan fingerprint density at radius 2 is 1.72 bits per heavy atom. The molecule has 0 fully saturated rings. The number of hydrogen-bond donors (Lipinski definition) is 1. The molecule has 0 bridgehead atoms. The van der Waals surface area contributed by atoms with E-state index >= 15 is 0 Å². The molecule has 0 atom stereocenters. The molecule has 1 N–H and O–H groups in total. The van der Waals surface area contributed by atoms with Crippen molar-refractivity contribution in [3.63, 3.8) is 0 Å². The van der Waals surface area contributed by atoms with Crippen LogP contribution in [0.3, 0.4) is 0 Å². The number of ether oxygens (including phenoxy) is 1. The van der Waals surface area contributed by atoms with Crippen molar-refractivity contribution in [3.05, 3.63) is 83.8 Å². The third-order valence-corrected chi connectivity index (χ3v) is 4.42. The molecular weight excluding hydrogens is 368 g/mol. The molecule has 29 heavy (non-hydrogen) atoms. The van der Waals surface area contributed by atoms with Crippen LogP contribution in [0.2, 0.25) is 0 Å². The van der Waals surface area contributed by atoms with Crippen molar-refractivity contribution in [2.75, 3.05) is 26.0 Å². The van der Waals surface area contributed by atoms with E-state index in [-0.39, 0.29) is 5.91 Å². The summed E-state index contributed by atoms with van der Waals surface area (Å²) in [6.45, 7) is 0.600. The molecule has 2 heterocycles. The van der Waals surface area contributed by atoms with Gasteiger partial charge in [0.05, 0.1) is 12.7 Å². The normalized spacial score (nSPS) is 10.3. The third-order valence-electron chi connectivity index (χ3n) is 4.42. The Morgan fingerprint density at radius 3 is 2.41 bits per heavy atom. The number of carbonyl (C=O) groups excluding carboxylic acids is 2. The molecule has 0 aliphatic heterocycles. The highest BCUT2D eigenvalue weighted by molar-refractivity contribution is 5.95. The fraction of sp³-hybridized carbons (Fsp3) is 0.182. The predicted octanol–water partition coefficient (Wildman–Crippen LogP) is 3.32. The Labute approximate surface area is 169 Å². The van der Waals surface area contributed by atoms with Gasteiger partial charge in [0.2, 0.25) is 0 Å². The molecule has 0 aliphatic rings. The summed E-state index contributed by atoms with van der Waals surface area (Å²) in [5.74, 6) is 0.0758. The Balaban J connectivity index is 1.63. The first-order valence-corrected chi connectivity index (χ1v) is 9.12. The lowest BCUT2D eigenvalue weighted by Crippen LogP contribution is -2.28. The average molecular weight is 390 g/mol. The largest absolute Gasteiger partial charge is 0.465 e. The van der Waals surface area contributed by atoms with E-state index in [0.717, 1.165) is 17.7 Å². The lowest BCUT2D eigenvalue weighted by Gasteiger charge is -2.17. The van der Waals surface area contributed by atoms with Crippen molar-refractivity contribution in [3.8, 4) is 0 Å². The van der Waals surface area contributed by atoms with Gasteiger partial charge in [0.25, 0.3) is 5.91 Å². The van der Waals surface area contributed by atoms with Crippen LogP contribution in [0.25, 0.3) is 0 Å². The van der Waals surface area contributed by atoms with Crippen molar-refractivity contribution in [1.29, 1.82) is 0 Å². The second-order valence-corrected chi connectivity index (χ2v) is 6.46. The van der Waals surface area contributed by atoms with Crippen molar-refractivity contribution < 1.29 is 14.3 Å². The molecule has 0 unspecified atom stereocenters. The summed E-state index contributed by atoms with van der Waals surface area (Å²) in [6, 6.07) is 14.1. The number of aromatic nitrogens is 2. The number of pyridine rings is 2. The highest BCUT2D eigenvalue weighted by Gasteiger charge is 2.13. The molecule has 2 aromatic heterocycles. The molecule has 1 amide bonds. The van der Waals surface area contributed by atoms with Crippen molar-refractivity contribution in [1.82, 2.24) is 14.9 Å². The van der Waals surface area contributed by atoms with Gasteiger partial charge >= 0.3 is 5.97 Å². The molecule has 1 aromatic carbocycles. The zero-order valence-corrected chi connectivity index (χ0v) is 16.3. The lowest BCUT2D eigenvalue weighted by atomic mass is 10.1. The van der Waals surface area contributed by atoms with E-state index in [1.165, 1.54) is 7.11 Å². The number of amides is 1. The number of esters is 1. The number of anilines is 2. The summed E-state index contributed by atoms with van der Waals surface area (Å²) in [5.41, 5.74) is 2.89. The number of methoxy groups -OCH3 is 1. The van der Waals surface area contributed by atoms with E-state index < -0.39 is 5.97 Å². The summed E-state index contributed by atoms with van der Waals surface area (Å²) in [6.07, 6.45) is 5.84. The number of carbonyl (C=O) groups is 2. The van der Waals surface area contributed by atoms with Crippen LogP contribution in [0, 0.1) is 0 Å². The van der Waals surface area contributed by atoms with Crippen LogP contribution in [-0.2, 0) is 11.2 Å². The summed E-state index contributed by atoms with van der Waals surface area (Å²) < 4.78 is 4.69. The molecule has 0 saturated carbocycles. The highest BCUT2D eigenvalue weighted by atomic mass is 16.5. The zero-order chi connectivity index (χ0) is 20.6. The van der Waals surface area contributed by atoms with Gasteiger partial charge in [0.15, 0.2) is 0 Å². The topological polar surface area (TPSA) is 84.4 Å². The van der Waals surface area contributed by atoms with Gasteiger partial charge in [-0.15, -0.1) is 0 Å². The summed E-state index contributed by atoms with van der Waals surface area (Å²) in [5, 5.41) is 3.14. The maximum absolute atomic E-state index is 12.7. The Hall–Kier alpha value is -3.74. The minimum absolute atomic E-state index is 0.0782. The van der Waals surface area contributed by atoms with Gasteiger partial charge in [0.1, 0.15) is 5.82 Å². The van der Waals surface area contributed by atoms with Gasteiger partial charge in [0, 0.05) is 43.4 Å². The van der Waals surface area contributed by atoms with Gasteiger partial charge in [-0.1, -0.05) is 0 Å². The minimum atomic E-state index is -0.392. The summed E-state index contributed by atoms with van der Waals surface area (Å²) in [4.78, 5) is 34.2. The molecule has 0 radical (unpaired) electrons. The standard InChI is InChI=1S/C22H22N4O3/c1-26(14-10-16-7-11-23-12-8-16)21(27)18-9-13-24-20(15-18)25-19-5-3-17(4-6-19)22(28)29-2/h3-9,11-13,15H,10,14H2,1-2H3,(H,24,25). The predicted molar refractivity (Wildman–Crippen MR) is 110 cm³/mol. The van der Waals surface area contributed by atoms with Gasteiger partial charge in [-0.05, 0) is 60.5 Å². The molecule has 7 nitrogen and oxygen atoms in total. The Morgan fingerprint density at radius 1 is 1.00 bits per heavy atom. The van der Waals surface area contributed by atoms with E-state index in [1.54, 1.807) is 66.9 Å². The number of nitrogens with zero attached hydrogens (tertiary/aromatic N) is 3. The molecule has 0 saturated heterocycles.